The van der Waals surface area contributed by atoms with Gasteiger partial charge in [0.2, 0.25) is 6.79 Å². The van der Waals surface area contributed by atoms with E-state index in [1.165, 1.54) is 0 Å². The van der Waals surface area contributed by atoms with Crippen LogP contribution in [0.3, 0.4) is 0 Å². The van der Waals surface area contributed by atoms with Crippen LogP contribution in [0.15, 0.2) is 18.2 Å². The first kappa shape index (κ1) is 12.3. The number of amides is 1. The number of carbonyl (C=O) groups is 1. The first-order valence-electron chi connectivity index (χ1n) is 6.70. The number of fused-ring (bicyclic) bond motifs is 1. The number of carbonyl (C=O) groups excluding carboxylic acids is 1. The van der Waals surface area contributed by atoms with Crippen LogP contribution in [0, 0.1) is 0 Å². The summed E-state index contributed by atoms with van der Waals surface area (Å²) in [4.78, 5) is 14.4. The second kappa shape index (κ2) is 5.09. The van der Waals surface area contributed by atoms with E-state index in [-0.39, 0.29) is 18.7 Å². The molecular formula is C14H18N2O3. The van der Waals surface area contributed by atoms with Crippen molar-refractivity contribution in [1.29, 1.82) is 0 Å². The maximum Gasteiger partial charge on any atom is 0.254 e. The molecule has 1 saturated heterocycles. The molecule has 1 aromatic rings. The highest BCUT2D eigenvalue weighted by Gasteiger charge is 2.27. The maximum absolute atomic E-state index is 12.5. The molecule has 5 nitrogen and oxygen atoms in total. The van der Waals surface area contributed by atoms with Gasteiger partial charge in [-0.05, 0) is 37.5 Å². The summed E-state index contributed by atoms with van der Waals surface area (Å²) in [5, 5.41) is 0. The molecule has 1 amide bonds. The first-order valence-corrected chi connectivity index (χ1v) is 6.70. The molecule has 2 aliphatic rings. The monoisotopic (exact) mass is 262 g/mol. The van der Waals surface area contributed by atoms with Crippen molar-refractivity contribution in [1.82, 2.24) is 4.90 Å². The minimum Gasteiger partial charge on any atom is -0.454 e. The number of likely N-dealkylation sites (tertiary alicyclic amines) is 1. The van der Waals surface area contributed by atoms with Gasteiger partial charge < -0.3 is 20.1 Å². The van der Waals surface area contributed by atoms with Gasteiger partial charge in [-0.1, -0.05) is 0 Å². The predicted octanol–water partition coefficient (Wildman–Crippen LogP) is 1.37. The third-order valence-electron chi connectivity index (χ3n) is 3.78. The van der Waals surface area contributed by atoms with Crippen molar-refractivity contribution >= 4 is 5.91 Å². The van der Waals surface area contributed by atoms with Gasteiger partial charge in [0.05, 0.1) is 0 Å². The van der Waals surface area contributed by atoms with Gasteiger partial charge in [0, 0.05) is 24.7 Å². The maximum atomic E-state index is 12.5. The van der Waals surface area contributed by atoms with E-state index in [9.17, 15) is 4.79 Å². The summed E-state index contributed by atoms with van der Waals surface area (Å²) in [6, 6.07) is 5.49. The zero-order valence-electron chi connectivity index (χ0n) is 10.8. The number of benzene rings is 1. The minimum absolute atomic E-state index is 0.0356. The third-order valence-corrected chi connectivity index (χ3v) is 3.78. The van der Waals surface area contributed by atoms with Gasteiger partial charge in [-0.3, -0.25) is 4.79 Å². The molecule has 1 atom stereocenters. The molecule has 0 saturated carbocycles. The van der Waals surface area contributed by atoms with Crippen molar-refractivity contribution in [2.45, 2.75) is 25.3 Å². The molecule has 19 heavy (non-hydrogen) atoms. The average Bonchev–Trinajstić information content (AvgIpc) is 2.93. The van der Waals surface area contributed by atoms with Crippen LogP contribution in [-0.2, 0) is 0 Å². The van der Waals surface area contributed by atoms with Crippen LogP contribution in [0.4, 0.5) is 0 Å². The summed E-state index contributed by atoms with van der Waals surface area (Å²) in [5.74, 6) is 1.38. The third kappa shape index (κ3) is 2.26. The smallest absolute Gasteiger partial charge is 0.254 e. The standard InChI is InChI=1S/C14H18N2O3/c15-8-11-3-1-2-6-16(11)14(17)10-4-5-12-13(7-10)19-9-18-12/h4-5,7,11H,1-3,6,8-9,15H2/t11-/m1/s1. The molecule has 2 heterocycles. The topological polar surface area (TPSA) is 64.8 Å². The molecule has 0 bridgehead atoms. The van der Waals surface area contributed by atoms with Crippen LogP contribution in [0.25, 0.3) is 0 Å². The first-order chi connectivity index (χ1) is 9.29. The number of hydrogen-bond donors (Lipinski definition) is 1. The van der Waals surface area contributed by atoms with Crippen molar-refractivity contribution in [2.24, 2.45) is 5.73 Å². The minimum atomic E-state index is 0.0356. The van der Waals surface area contributed by atoms with E-state index in [2.05, 4.69) is 0 Å². The van der Waals surface area contributed by atoms with E-state index in [1.807, 2.05) is 4.90 Å². The van der Waals surface area contributed by atoms with Crippen molar-refractivity contribution in [2.75, 3.05) is 19.9 Å². The fourth-order valence-corrected chi connectivity index (χ4v) is 2.71. The fourth-order valence-electron chi connectivity index (χ4n) is 2.71. The Balaban J connectivity index is 1.82. The molecule has 3 rings (SSSR count). The second-order valence-electron chi connectivity index (χ2n) is 4.95. The molecular weight excluding hydrogens is 244 g/mol. The Hall–Kier alpha value is -1.75. The Kier molecular flexibility index (Phi) is 3.29. The fraction of sp³-hybridized carbons (Fsp3) is 0.500. The molecule has 0 spiro atoms. The lowest BCUT2D eigenvalue weighted by atomic mass is 10.0. The number of ether oxygens (including phenoxy) is 2. The van der Waals surface area contributed by atoms with Crippen LogP contribution < -0.4 is 15.2 Å². The summed E-state index contributed by atoms with van der Waals surface area (Å²) >= 11 is 0. The zero-order chi connectivity index (χ0) is 13.2. The molecule has 5 heteroatoms. The molecule has 2 N–H and O–H groups in total. The summed E-state index contributed by atoms with van der Waals surface area (Å²) in [6.07, 6.45) is 3.19. The summed E-state index contributed by atoms with van der Waals surface area (Å²) < 4.78 is 10.6. The van der Waals surface area contributed by atoms with Crippen LogP contribution in [0.2, 0.25) is 0 Å². The zero-order valence-corrected chi connectivity index (χ0v) is 10.8. The number of hydrogen-bond acceptors (Lipinski definition) is 4. The number of piperidine rings is 1. The van der Waals surface area contributed by atoms with E-state index in [1.54, 1.807) is 18.2 Å². The number of rotatable bonds is 2. The lowest BCUT2D eigenvalue weighted by Gasteiger charge is -2.35. The number of nitrogens with two attached hydrogens (primary N) is 1. The summed E-state index contributed by atoms with van der Waals surface area (Å²) in [7, 11) is 0. The summed E-state index contributed by atoms with van der Waals surface area (Å²) in [5.41, 5.74) is 6.40. The van der Waals surface area contributed by atoms with Crippen LogP contribution in [-0.4, -0.2) is 36.7 Å². The van der Waals surface area contributed by atoms with Gasteiger partial charge in [-0.25, -0.2) is 0 Å². The van der Waals surface area contributed by atoms with E-state index >= 15 is 0 Å². The quantitative estimate of drug-likeness (QED) is 0.874. The van der Waals surface area contributed by atoms with Crippen molar-refractivity contribution in [3.63, 3.8) is 0 Å². The van der Waals surface area contributed by atoms with Crippen molar-refractivity contribution < 1.29 is 14.3 Å². The second-order valence-corrected chi connectivity index (χ2v) is 4.95. The van der Waals surface area contributed by atoms with Crippen LogP contribution in [0.1, 0.15) is 29.6 Å². The van der Waals surface area contributed by atoms with Crippen LogP contribution >= 0.6 is 0 Å². The van der Waals surface area contributed by atoms with Crippen LogP contribution in [0.5, 0.6) is 11.5 Å². The molecule has 2 aliphatic heterocycles. The normalized spacial score (nSPS) is 21.5. The van der Waals surface area contributed by atoms with Gasteiger partial charge >= 0.3 is 0 Å². The molecule has 1 aromatic carbocycles. The summed E-state index contributed by atoms with van der Waals surface area (Å²) in [6.45, 7) is 1.54. The van der Waals surface area contributed by atoms with Crippen molar-refractivity contribution in [3.8, 4) is 11.5 Å². The molecule has 0 unspecified atom stereocenters. The van der Waals surface area contributed by atoms with E-state index in [0.717, 1.165) is 25.8 Å². The molecule has 1 fully saturated rings. The average molecular weight is 262 g/mol. The molecule has 0 aliphatic carbocycles. The van der Waals surface area contributed by atoms with Gasteiger partial charge in [-0.2, -0.15) is 0 Å². The van der Waals surface area contributed by atoms with E-state index in [0.29, 0.717) is 23.6 Å². The highest BCUT2D eigenvalue weighted by atomic mass is 16.7. The SMILES string of the molecule is NC[C@H]1CCCCN1C(=O)c1ccc2c(c1)OCO2. The largest absolute Gasteiger partial charge is 0.454 e. The van der Waals surface area contributed by atoms with Gasteiger partial charge in [0.15, 0.2) is 11.5 Å². The van der Waals surface area contributed by atoms with Gasteiger partial charge in [0.25, 0.3) is 5.91 Å². The highest BCUT2D eigenvalue weighted by molar-refractivity contribution is 5.95. The molecule has 0 radical (unpaired) electrons. The predicted molar refractivity (Wildman–Crippen MR) is 70.3 cm³/mol. The highest BCUT2D eigenvalue weighted by Crippen LogP contribution is 2.33. The Bertz CT molecular complexity index is 490. The van der Waals surface area contributed by atoms with E-state index < -0.39 is 0 Å². The van der Waals surface area contributed by atoms with Crippen molar-refractivity contribution in [3.05, 3.63) is 23.8 Å². The lowest BCUT2D eigenvalue weighted by Crippen LogP contribution is -2.47. The van der Waals surface area contributed by atoms with Gasteiger partial charge in [0.1, 0.15) is 0 Å². The van der Waals surface area contributed by atoms with E-state index in [4.69, 9.17) is 15.2 Å². The number of nitrogens with zero attached hydrogens (tertiary/aromatic N) is 1. The Morgan fingerprint density at radius 2 is 2.16 bits per heavy atom. The molecule has 0 aromatic heterocycles. The van der Waals surface area contributed by atoms with Gasteiger partial charge in [-0.15, -0.1) is 0 Å². The molecule has 102 valence electrons. The Morgan fingerprint density at radius 1 is 1.32 bits per heavy atom. The Morgan fingerprint density at radius 3 is 3.00 bits per heavy atom. The lowest BCUT2D eigenvalue weighted by molar-refractivity contribution is 0.0623. The Labute approximate surface area is 112 Å².